The average Bonchev–Trinajstić information content (AvgIpc) is 2.99. The van der Waals surface area contributed by atoms with E-state index in [1.54, 1.807) is 6.92 Å². The third kappa shape index (κ3) is 3.70. The Morgan fingerprint density at radius 3 is 2.53 bits per heavy atom. The maximum absolute atomic E-state index is 11.7. The van der Waals surface area contributed by atoms with Crippen molar-refractivity contribution in [1.82, 2.24) is 5.32 Å². The zero-order valence-electron chi connectivity index (χ0n) is 10.5. The fourth-order valence-electron chi connectivity index (χ4n) is 2.04. The quantitative estimate of drug-likeness (QED) is 0.617. The Labute approximate surface area is 102 Å². The Kier molecular flexibility index (Phi) is 4.51. The van der Waals surface area contributed by atoms with Gasteiger partial charge in [-0.25, -0.2) is 4.79 Å². The molecule has 0 aromatic heterocycles. The highest BCUT2D eigenvalue weighted by Gasteiger charge is 2.48. The van der Waals surface area contributed by atoms with Crippen molar-refractivity contribution in [2.75, 3.05) is 0 Å². The molecule has 1 rings (SSSR count). The Morgan fingerprint density at radius 1 is 1.53 bits per heavy atom. The zero-order chi connectivity index (χ0) is 13.1. The largest absolute Gasteiger partial charge is 0.480 e. The molecule has 1 aliphatic carbocycles. The molecule has 1 fully saturated rings. The van der Waals surface area contributed by atoms with Gasteiger partial charge in [-0.1, -0.05) is 13.3 Å². The van der Waals surface area contributed by atoms with Gasteiger partial charge >= 0.3 is 5.97 Å². The van der Waals surface area contributed by atoms with Crippen LogP contribution in [0.4, 0.5) is 0 Å². The number of amides is 1. The molecule has 17 heavy (non-hydrogen) atoms. The standard InChI is InChI=1S/C12H22N2O3/c1-3-4-9(13)7-10(15)14-12(2,11(16)17)8-5-6-8/h8-9H,3-7,13H2,1-2H3,(H,14,15)(H,16,17). The second-order valence-corrected chi connectivity index (χ2v) is 5.08. The van der Waals surface area contributed by atoms with E-state index in [1.165, 1.54) is 0 Å². The van der Waals surface area contributed by atoms with Crippen LogP contribution in [0.25, 0.3) is 0 Å². The number of nitrogens with two attached hydrogens (primary N) is 1. The molecule has 1 aliphatic rings. The molecule has 1 saturated carbocycles. The first-order valence-electron chi connectivity index (χ1n) is 6.20. The lowest BCUT2D eigenvalue weighted by Gasteiger charge is -2.26. The Hall–Kier alpha value is -1.10. The monoisotopic (exact) mass is 242 g/mol. The molecule has 1 amide bonds. The Bertz CT molecular complexity index is 302. The summed E-state index contributed by atoms with van der Waals surface area (Å²) in [6, 6.07) is -0.183. The molecule has 0 radical (unpaired) electrons. The second kappa shape index (κ2) is 5.49. The summed E-state index contributed by atoms with van der Waals surface area (Å²) in [4.78, 5) is 22.9. The highest BCUT2D eigenvalue weighted by molar-refractivity contribution is 5.87. The normalized spacial score (nSPS) is 20.4. The van der Waals surface area contributed by atoms with Crippen LogP contribution in [0.5, 0.6) is 0 Å². The summed E-state index contributed by atoms with van der Waals surface area (Å²) in [5.41, 5.74) is 4.64. The average molecular weight is 242 g/mol. The van der Waals surface area contributed by atoms with Gasteiger partial charge < -0.3 is 16.2 Å². The number of hydrogen-bond acceptors (Lipinski definition) is 3. The lowest BCUT2D eigenvalue weighted by molar-refractivity contribution is -0.148. The van der Waals surface area contributed by atoms with Crippen LogP contribution in [0.1, 0.15) is 46.0 Å². The molecule has 0 aromatic carbocycles. The minimum atomic E-state index is -1.12. The maximum Gasteiger partial charge on any atom is 0.329 e. The molecule has 98 valence electrons. The van der Waals surface area contributed by atoms with Gasteiger partial charge in [-0.2, -0.15) is 0 Å². The predicted octanol–water partition coefficient (Wildman–Crippen LogP) is 0.873. The molecule has 2 atom stereocenters. The van der Waals surface area contributed by atoms with Crippen LogP contribution in [-0.4, -0.2) is 28.6 Å². The first-order valence-corrected chi connectivity index (χ1v) is 6.20. The Morgan fingerprint density at radius 2 is 2.12 bits per heavy atom. The summed E-state index contributed by atoms with van der Waals surface area (Å²) >= 11 is 0. The van der Waals surface area contributed by atoms with Crippen molar-refractivity contribution in [2.24, 2.45) is 11.7 Å². The van der Waals surface area contributed by atoms with E-state index >= 15 is 0 Å². The molecule has 0 spiro atoms. The lowest BCUT2D eigenvalue weighted by Crippen LogP contribution is -2.54. The summed E-state index contributed by atoms with van der Waals surface area (Å²) < 4.78 is 0. The number of carbonyl (C=O) groups excluding carboxylic acids is 1. The fraction of sp³-hybridized carbons (Fsp3) is 0.833. The van der Waals surface area contributed by atoms with Gasteiger partial charge in [0.2, 0.25) is 5.91 Å². The van der Waals surface area contributed by atoms with Gasteiger partial charge in [0.25, 0.3) is 0 Å². The predicted molar refractivity (Wildman–Crippen MR) is 64.4 cm³/mol. The Balaban J connectivity index is 2.50. The van der Waals surface area contributed by atoms with Crippen LogP contribution >= 0.6 is 0 Å². The van der Waals surface area contributed by atoms with E-state index in [1.807, 2.05) is 6.92 Å². The van der Waals surface area contributed by atoms with Gasteiger partial charge in [0.15, 0.2) is 0 Å². The molecular weight excluding hydrogens is 220 g/mol. The van der Waals surface area contributed by atoms with E-state index < -0.39 is 11.5 Å². The molecule has 0 aromatic rings. The minimum absolute atomic E-state index is 0.0614. The van der Waals surface area contributed by atoms with Crippen molar-refractivity contribution in [3.05, 3.63) is 0 Å². The van der Waals surface area contributed by atoms with Crippen LogP contribution in [-0.2, 0) is 9.59 Å². The highest BCUT2D eigenvalue weighted by Crippen LogP contribution is 2.39. The van der Waals surface area contributed by atoms with E-state index in [2.05, 4.69) is 5.32 Å². The molecule has 0 bridgehead atoms. The van der Waals surface area contributed by atoms with Gasteiger partial charge in [-0.15, -0.1) is 0 Å². The second-order valence-electron chi connectivity index (χ2n) is 5.08. The molecule has 5 nitrogen and oxygen atoms in total. The number of aliphatic carboxylic acids is 1. The van der Waals surface area contributed by atoms with Crippen molar-refractivity contribution in [1.29, 1.82) is 0 Å². The maximum atomic E-state index is 11.7. The van der Waals surface area contributed by atoms with Gasteiger partial charge in [-0.05, 0) is 32.1 Å². The molecule has 4 N–H and O–H groups in total. The molecule has 5 heteroatoms. The molecule has 0 heterocycles. The summed E-state index contributed by atoms with van der Waals surface area (Å²) in [5.74, 6) is -1.16. The first kappa shape index (κ1) is 14.0. The van der Waals surface area contributed by atoms with Crippen LogP contribution in [0, 0.1) is 5.92 Å². The molecular formula is C12H22N2O3. The van der Waals surface area contributed by atoms with E-state index in [0.717, 1.165) is 25.7 Å². The van der Waals surface area contributed by atoms with E-state index in [0.29, 0.717) is 0 Å². The summed E-state index contributed by atoms with van der Waals surface area (Å²) in [6.45, 7) is 3.58. The van der Waals surface area contributed by atoms with Crippen LogP contribution in [0.2, 0.25) is 0 Å². The number of carboxylic acids is 1. The third-order valence-electron chi connectivity index (χ3n) is 3.34. The molecule has 0 aliphatic heterocycles. The van der Waals surface area contributed by atoms with Crippen LogP contribution in [0.3, 0.4) is 0 Å². The van der Waals surface area contributed by atoms with Crippen molar-refractivity contribution in [3.63, 3.8) is 0 Å². The summed E-state index contributed by atoms with van der Waals surface area (Å²) in [6.07, 6.45) is 3.63. The van der Waals surface area contributed by atoms with Gasteiger partial charge in [-0.3, -0.25) is 4.79 Å². The first-order chi connectivity index (χ1) is 7.90. The smallest absolute Gasteiger partial charge is 0.329 e. The molecule has 2 unspecified atom stereocenters. The molecule has 0 saturated heterocycles. The van der Waals surface area contributed by atoms with E-state index in [-0.39, 0.29) is 24.3 Å². The van der Waals surface area contributed by atoms with Crippen LogP contribution in [0.15, 0.2) is 0 Å². The van der Waals surface area contributed by atoms with Gasteiger partial charge in [0.1, 0.15) is 5.54 Å². The van der Waals surface area contributed by atoms with Crippen molar-refractivity contribution < 1.29 is 14.7 Å². The number of hydrogen-bond donors (Lipinski definition) is 3. The van der Waals surface area contributed by atoms with Crippen LogP contribution < -0.4 is 11.1 Å². The topological polar surface area (TPSA) is 92.4 Å². The van der Waals surface area contributed by atoms with Crippen molar-refractivity contribution in [3.8, 4) is 0 Å². The highest BCUT2D eigenvalue weighted by atomic mass is 16.4. The fourth-order valence-corrected chi connectivity index (χ4v) is 2.04. The summed E-state index contributed by atoms with van der Waals surface area (Å²) in [5, 5.41) is 11.8. The van der Waals surface area contributed by atoms with E-state index in [4.69, 9.17) is 5.73 Å². The lowest BCUT2D eigenvalue weighted by atomic mass is 9.95. The van der Waals surface area contributed by atoms with Crippen molar-refractivity contribution in [2.45, 2.75) is 57.5 Å². The number of nitrogens with one attached hydrogen (secondary N) is 1. The third-order valence-corrected chi connectivity index (χ3v) is 3.34. The summed E-state index contributed by atoms with van der Waals surface area (Å²) in [7, 11) is 0. The zero-order valence-corrected chi connectivity index (χ0v) is 10.5. The minimum Gasteiger partial charge on any atom is -0.480 e. The number of carboxylic acid groups (broad SMARTS) is 1. The number of carbonyl (C=O) groups is 2. The van der Waals surface area contributed by atoms with Gasteiger partial charge in [0, 0.05) is 12.5 Å². The SMILES string of the molecule is CCCC(N)CC(=O)NC(C)(C(=O)O)C1CC1. The van der Waals surface area contributed by atoms with Crippen molar-refractivity contribution >= 4 is 11.9 Å². The van der Waals surface area contributed by atoms with E-state index in [9.17, 15) is 14.7 Å². The number of rotatable bonds is 7. The van der Waals surface area contributed by atoms with Gasteiger partial charge in [0.05, 0.1) is 0 Å².